The van der Waals surface area contributed by atoms with Crippen LogP contribution < -0.4 is 5.41 Å². The summed E-state index contributed by atoms with van der Waals surface area (Å²) >= 11 is 0. The summed E-state index contributed by atoms with van der Waals surface area (Å²) in [6.07, 6.45) is 0.0556. The van der Waals surface area contributed by atoms with Crippen LogP contribution in [0.15, 0.2) is 0 Å². The topological polar surface area (TPSA) is 66.0 Å². The normalized spacial score (nSPS) is 9.17. The summed E-state index contributed by atoms with van der Waals surface area (Å²) < 4.78 is 0. The number of rotatable bonds is 2. The molecule has 0 fully saturated rings. The molecule has 0 saturated carbocycles. The van der Waals surface area contributed by atoms with Gasteiger partial charge in [0, 0.05) is 0 Å². The zero-order valence-corrected chi connectivity index (χ0v) is 3.33. The highest BCUT2D eigenvalue weighted by Gasteiger charge is 1.90. The average molecular weight is 90.1 g/mol. The highest BCUT2D eigenvalue weighted by Crippen LogP contribution is 1.73. The van der Waals surface area contributed by atoms with Gasteiger partial charge in [0.2, 0.25) is 0 Å². The molecule has 0 rings (SSSR count). The Morgan fingerprint density at radius 2 is 2.17 bits per heavy atom. The zero-order chi connectivity index (χ0) is 4.99. The van der Waals surface area contributed by atoms with E-state index in [0.29, 0.717) is 0 Å². The lowest BCUT2D eigenvalue weighted by Gasteiger charge is -1.88. The third-order valence-electron chi connectivity index (χ3n) is 0.347. The third-order valence-corrected chi connectivity index (χ3v) is 0.347. The summed E-state index contributed by atoms with van der Waals surface area (Å²) in [5.74, 6) is 0. The highest BCUT2D eigenvalue weighted by atomic mass is 16.5. The van der Waals surface area contributed by atoms with Crippen LogP contribution in [0.2, 0.25) is 0 Å². The molecule has 0 aliphatic heterocycles. The van der Waals surface area contributed by atoms with Crippen LogP contribution in [0.25, 0.3) is 0 Å². The maximum absolute atomic E-state index is 8.00. The van der Waals surface area contributed by atoms with Crippen LogP contribution in [0.4, 0.5) is 0 Å². The van der Waals surface area contributed by atoms with Gasteiger partial charge in [-0.25, -0.2) is 0 Å². The lowest BCUT2D eigenvalue weighted by Crippen LogP contribution is -2.31. The molecular weight excluding hydrogens is 82.0 g/mol. The van der Waals surface area contributed by atoms with Crippen molar-refractivity contribution in [1.82, 2.24) is 0 Å². The van der Waals surface area contributed by atoms with Crippen LogP contribution in [-0.4, -0.2) is 22.7 Å². The summed E-state index contributed by atoms with van der Waals surface area (Å²) in [5.41, 5.74) is 0. The lowest BCUT2D eigenvalue weighted by atomic mass is 10.5. The van der Waals surface area contributed by atoms with E-state index in [-0.39, 0.29) is 6.42 Å². The molecular formula is C3H8NO2+. The minimum Gasteiger partial charge on any atom is -0.368 e. The molecule has 4 N–H and O–H groups in total. The van der Waals surface area contributed by atoms with Gasteiger partial charge in [-0.15, -0.1) is 0 Å². The number of aliphatic hydroxyl groups is 2. The van der Waals surface area contributed by atoms with Gasteiger partial charge in [0.25, 0.3) is 0 Å². The van der Waals surface area contributed by atoms with Crippen LogP contribution in [0.5, 0.6) is 0 Å². The fraction of sp³-hybridized carbons (Fsp3) is 0.667. The van der Waals surface area contributed by atoms with Crippen molar-refractivity contribution in [2.75, 3.05) is 0 Å². The molecule has 0 saturated heterocycles. The maximum atomic E-state index is 8.00. The third kappa shape index (κ3) is 3.59. The minimum absolute atomic E-state index is 0.139. The van der Waals surface area contributed by atoms with Crippen LogP contribution in [0, 0.1) is 0 Å². The van der Waals surface area contributed by atoms with Crippen molar-refractivity contribution >= 4 is 6.21 Å². The summed E-state index contributed by atoms with van der Waals surface area (Å²) in [4.78, 5) is 0. The van der Waals surface area contributed by atoms with Crippen molar-refractivity contribution < 1.29 is 15.6 Å². The summed E-state index contributed by atoms with van der Waals surface area (Å²) in [5, 5.41) is 20.8. The first kappa shape index (κ1) is 5.59. The fourth-order valence-electron chi connectivity index (χ4n) is 0.122. The molecule has 0 aromatic carbocycles. The molecule has 0 heterocycles. The van der Waals surface area contributed by atoms with Crippen molar-refractivity contribution in [3.05, 3.63) is 0 Å². The smallest absolute Gasteiger partial charge is 0.160 e. The number of nitrogens with two attached hydrogens (primary N) is 1. The SMILES string of the molecule is [NH2+]=CCC(O)O. The first-order chi connectivity index (χ1) is 2.77. The summed E-state index contributed by atoms with van der Waals surface area (Å²) in [7, 11) is 0. The quantitative estimate of drug-likeness (QED) is 0.259. The number of hydrogen-bond acceptors (Lipinski definition) is 2. The van der Waals surface area contributed by atoms with Crippen molar-refractivity contribution in [3.8, 4) is 0 Å². The van der Waals surface area contributed by atoms with Gasteiger partial charge in [-0.3, -0.25) is 5.41 Å². The van der Waals surface area contributed by atoms with E-state index < -0.39 is 6.29 Å². The van der Waals surface area contributed by atoms with E-state index in [2.05, 4.69) is 0 Å². The molecule has 0 aromatic rings. The number of aliphatic hydroxyl groups excluding tert-OH is 1. The van der Waals surface area contributed by atoms with E-state index >= 15 is 0 Å². The second-order valence-corrected chi connectivity index (χ2v) is 0.952. The van der Waals surface area contributed by atoms with Gasteiger partial charge in [-0.1, -0.05) is 0 Å². The first-order valence-corrected chi connectivity index (χ1v) is 1.67. The Hall–Kier alpha value is -0.410. The first-order valence-electron chi connectivity index (χ1n) is 1.67. The molecule has 0 unspecified atom stereocenters. The highest BCUT2D eigenvalue weighted by molar-refractivity contribution is 5.49. The van der Waals surface area contributed by atoms with Gasteiger partial charge < -0.3 is 10.2 Å². The monoisotopic (exact) mass is 90.1 g/mol. The van der Waals surface area contributed by atoms with Crippen LogP contribution in [-0.2, 0) is 0 Å². The van der Waals surface area contributed by atoms with Gasteiger partial charge in [-0.2, -0.15) is 0 Å². The fourth-order valence-corrected chi connectivity index (χ4v) is 0.122. The predicted octanol–water partition coefficient (Wildman–Crippen LogP) is -2.48. The Morgan fingerprint density at radius 1 is 1.67 bits per heavy atom. The van der Waals surface area contributed by atoms with Crippen LogP contribution in [0.1, 0.15) is 6.42 Å². The second kappa shape index (κ2) is 2.81. The molecule has 0 amide bonds. The van der Waals surface area contributed by atoms with Gasteiger partial charge in [-0.05, 0) is 0 Å². The summed E-state index contributed by atoms with van der Waals surface area (Å²) in [6.45, 7) is 0. The molecule has 36 valence electrons. The molecule has 0 aliphatic rings. The Labute approximate surface area is 35.7 Å². The predicted molar refractivity (Wildman–Crippen MR) is 20.8 cm³/mol. The number of hydrogen-bond donors (Lipinski definition) is 3. The van der Waals surface area contributed by atoms with E-state index in [1.54, 1.807) is 0 Å². The molecule has 0 aliphatic carbocycles. The summed E-state index contributed by atoms with van der Waals surface area (Å²) in [6, 6.07) is 0. The van der Waals surface area contributed by atoms with E-state index in [1.807, 2.05) is 0 Å². The molecule has 0 aromatic heterocycles. The van der Waals surface area contributed by atoms with Crippen molar-refractivity contribution in [2.24, 2.45) is 0 Å². The molecule has 3 nitrogen and oxygen atoms in total. The molecule has 0 spiro atoms. The Morgan fingerprint density at radius 3 is 2.17 bits per heavy atom. The minimum atomic E-state index is -1.28. The van der Waals surface area contributed by atoms with Gasteiger partial charge in [0.15, 0.2) is 6.29 Å². The molecule has 0 atom stereocenters. The van der Waals surface area contributed by atoms with Crippen LogP contribution in [0.3, 0.4) is 0 Å². The van der Waals surface area contributed by atoms with Gasteiger partial charge in [0.05, 0.1) is 6.42 Å². The van der Waals surface area contributed by atoms with E-state index in [4.69, 9.17) is 15.6 Å². The molecule has 6 heavy (non-hydrogen) atoms. The zero-order valence-electron chi connectivity index (χ0n) is 3.33. The van der Waals surface area contributed by atoms with Gasteiger partial charge in [0.1, 0.15) is 6.21 Å². The van der Waals surface area contributed by atoms with Crippen molar-refractivity contribution in [2.45, 2.75) is 12.7 Å². The average Bonchev–Trinajstić information content (AvgIpc) is 1.35. The molecule has 0 radical (unpaired) electrons. The van der Waals surface area contributed by atoms with Crippen LogP contribution >= 0.6 is 0 Å². The maximum Gasteiger partial charge on any atom is 0.160 e. The second-order valence-electron chi connectivity index (χ2n) is 0.952. The Kier molecular flexibility index (Phi) is 2.62. The Bertz CT molecular complexity index is 44.1. The van der Waals surface area contributed by atoms with E-state index in [0.717, 1.165) is 0 Å². The molecule has 3 heteroatoms. The van der Waals surface area contributed by atoms with E-state index in [1.165, 1.54) is 6.21 Å². The van der Waals surface area contributed by atoms with Gasteiger partial charge >= 0.3 is 0 Å². The largest absolute Gasteiger partial charge is 0.368 e. The molecule has 0 bridgehead atoms. The standard InChI is InChI=1S/C3H7NO2/c4-2-1-3(5)6/h2-6H,1H2/p+1. The van der Waals surface area contributed by atoms with Crippen molar-refractivity contribution in [3.63, 3.8) is 0 Å². The lowest BCUT2D eigenvalue weighted by molar-refractivity contribution is -0.115. The van der Waals surface area contributed by atoms with E-state index in [9.17, 15) is 0 Å². The Balaban J connectivity index is 2.81. The van der Waals surface area contributed by atoms with Crippen molar-refractivity contribution in [1.29, 1.82) is 0 Å².